The second kappa shape index (κ2) is 6.72. The molecule has 0 aliphatic carbocycles. The zero-order valence-electron chi connectivity index (χ0n) is 10.1. The molecule has 0 saturated heterocycles. The molecule has 0 aliphatic rings. The van der Waals surface area contributed by atoms with Crippen LogP contribution in [0.4, 0.5) is 0 Å². The molecule has 0 aliphatic heterocycles. The van der Waals surface area contributed by atoms with Crippen LogP contribution >= 0.6 is 0 Å². The van der Waals surface area contributed by atoms with Crippen LogP contribution in [0.5, 0.6) is 0 Å². The first-order valence-corrected chi connectivity index (χ1v) is 5.65. The van der Waals surface area contributed by atoms with Crippen molar-refractivity contribution >= 4 is 12.3 Å². The molecule has 1 unspecified atom stereocenters. The van der Waals surface area contributed by atoms with Gasteiger partial charge in [-0.15, -0.1) is 5.10 Å². The minimum Gasteiger partial charge on any atom is -0.358 e. The molecule has 4 N–H and O–H groups in total. The van der Waals surface area contributed by atoms with Gasteiger partial charge >= 0.3 is 0 Å². The van der Waals surface area contributed by atoms with Crippen molar-refractivity contribution in [2.45, 2.75) is 26.8 Å². The van der Waals surface area contributed by atoms with E-state index in [0.717, 1.165) is 6.42 Å². The fourth-order valence-corrected chi connectivity index (χ4v) is 1.58. The highest BCUT2D eigenvalue weighted by Gasteiger charge is 2.19. The van der Waals surface area contributed by atoms with E-state index >= 15 is 0 Å². The molecule has 1 aromatic rings. The van der Waals surface area contributed by atoms with Crippen LogP contribution in [-0.4, -0.2) is 34.3 Å². The Hall–Kier alpha value is -1.79. The maximum atomic E-state index is 11.9. The molecule has 1 heterocycles. The number of nitrogens with zero attached hydrogens (tertiary/aromatic N) is 1. The second-order valence-electron chi connectivity index (χ2n) is 4.37. The van der Waals surface area contributed by atoms with Gasteiger partial charge in [-0.1, -0.05) is 13.8 Å². The van der Waals surface area contributed by atoms with Crippen LogP contribution in [0.3, 0.4) is 0 Å². The summed E-state index contributed by atoms with van der Waals surface area (Å²) in [5.74, 6) is 0.836. The predicted octanol–water partition coefficient (Wildman–Crippen LogP) is -0.238. The average Bonchev–Trinajstić information content (AvgIpc) is 2.21. The first kappa shape index (κ1) is 13.3. The Morgan fingerprint density at radius 3 is 2.71 bits per heavy atom. The molecule has 0 radical (unpaired) electrons. The number of hydrogen-bond acceptors (Lipinski definition) is 3. The number of hydrogen-bond donors (Lipinski definition) is 4. The molecule has 0 fully saturated rings. The number of amides is 2. The van der Waals surface area contributed by atoms with Crippen molar-refractivity contribution in [3.8, 4) is 0 Å². The van der Waals surface area contributed by atoms with Gasteiger partial charge in [0.05, 0.1) is 12.5 Å². The molecule has 0 spiro atoms. The summed E-state index contributed by atoms with van der Waals surface area (Å²) < 4.78 is 0. The van der Waals surface area contributed by atoms with E-state index < -0.39 is 0 Å². The van der Waals surface area contributed by atoms with Crippen LogP contribution in [0, 0.1) is 11.8 Å². The van der Waals surface area contributed by atoms with Gasteiger partial charge < -0.3 is 10.6 Å². The lowest BCUT2D eigenvalue weighted by atomic mass is 9.96. The molecule has 96 valence electrons. The van der Waals surface area contributed by atoms with Crippen LogP contribution < -0.4 is 10.6 Å². The molecule has 1 atom stereocenters. The SMILES string of the molecule is CC(C)CC(CNC=O)C(=O)NCc1n[nH][nH]1. The molecule has 17 heavy (non-hydrogen) atoms. The lowest BCUT2D eigenvalue weighted by Crippen LogP contribution is -2.37. The summed E-state index contributed by atoms with van der Waals surface area (Å²) in [6, 6.07) is 0. The van der Waals surface area contributed by atoms with Gasteiger partial charge in [-0.05, 0) is 12.3 Å². The number of H-pyrrole nitrogens is 2. The van der Waals surface area contributed by atoms with E-state index in [-0.39, 0.29) is 11.8 Å². The monoisotopic (exact) mass is 241 g/mol. The van der Waals surface area contributed by atoms with Gasteiger partial charge in [0, 0.05) is 6.54 Å². The van der Waals surface area contributed by atoms with Gasteiger partial charge in [0.25, 0.3) is 0 Å². The van der Waals surface area contributed by atoms with E-state index in [4.69, 9.17) is 0 Å². The number of nitrogens with one attached hydrogen (secondary N) is 4. The van der Waals surface area contributed by atoms with Crippen LogP contribution in [-0.2, 0) is 16.1 Å². The Labute approximate surface area is 99.7 Å². The third kappa shape index (κ3) is 4.71. The third-order valence-corrected chi connectivity index (χ3v) is 2.40. The molecule has 1 rings (SSSR count). The first-order valence-electron chi connectivity index (χ1n) is 5.65. The second-order valence-corrected chi connectivity index (χ2v) is 4.37. The van der Waals surface area contributed by atoms with E-state index in [0.29, 0.717) is 31.2 Å². The Bertz CT molecular complexity index is 335. The van der Waals surface area contributed by atoms with Crippen LogP contribution in [0.15, 0.2) is 0 Å². The molecule has 0 bridgehead atoms. The van der Waals surface area contributed by atoms with Crippen molar-refractivity contribution < 1.29 is 9.59 Å². The summed E-state index contributed by atoms with van der Waals surface area (Å²) in [7, 11) is 0. The van der Waals surface area contributed by atoms with Crippen molar-refractivity contribution in [3.63, 3.8) is 0 Å². The van der Waals surface area contributed by atoms with Gasteiger partial charge in [0.2, 0.25) is 12.3 Å². The summed E-state index contributed by atoms with van der Waals surface area (Å²) in [4.78, 5) is 22.1. The van der Waals surface area contributed by atoms with Gasteiger partial charge in [-0.3, -0.25) is 14.7 Å². The van der Waals surface area contributed by atoms with E-state index in [1.165, 1.54) is 0 Å². The minimum atomic E-state index is -0.200. The van der Waals surface area contributed by atoms with Gasteiger partial charge in [0.15, 0.2) is 5.82 Å². The minimum absolute atomic E-state index is 0.0653. The Balaban J connectivity index is 2.38. The van der Waals surface area contributed by atoms with Crippen LogP contribution in [0.2, 0.25) is 0 Å². The molecular weight excluding hydrogens is 222 g/mol. The van der Waals surface area contributed by atoms with Crippen molar-refractivity contribution in [2.24, 2.45) is 11.8 Å². The number of rotatable bonds is 8. The summed E-state index contributed by atoms with van der Waals surface area (Å²) in [5, 5.41) is 14.4. The van der Waals surface area contributed by atoms with Crippen molar-refractivity contribution in [3.05, 3.63) is 5.82 Å². The fourth-order valence-electron chi connectivity index (χ4n) is 1.58. The average molecular weight is 241 g/mol. The largest absolute Gasteiger partial charge is 0.358 e. The van der Waals surface area contributed by atoms with Crippen molar-refractivity contribution in [2.75, 3.05) is 6.54 Å². The van der Waals surface area contributed by atoms with Gasteiger partial charge in [-0.2, -0.15) is 0 Å². The third-order valence-electron chi connectivity index (χ3n) is 2.40. The van der Waals surface area contributed by atoms with Crippen LogP contribution in [0.1, 0.15) is 26.1 Å². The quantitative estimate of drug-likeness (QED) is 0.472. The molecule has 7 nitrogen and oxygen atoms in total. The summed E-state index contributed by atoms with van der Waals surface area (Å²) in [6.45, 7) is 4.83. The summed E-state index contributed by atoms with van der Waals surface area (Å²) >= 11 is 0. The molecule has 0 aromatic carbocycles. The lowest BCUT2D eigenvalue weighted by Gasteiger charge is -2.18. The molecular formula is C10H19N5O2. The molecule has 1 aromatic heterocycles. The first-order chi connectivity index (χ1) is 8.13. The molecule has 0 saturated carbocycles. The molecule has 2 amide bonds. The standard InChI is InChI=1S/C10H19N5O2/c1-7(2)3-8(4-11-6-16)10(17)12-5-9-13-15-14-9/h6-8,15H,3-5H2,1-2H3,(H,11,16)(H,12,17)(H,13,14). The summed E-state index contributed by atoms with van der Waals surface area (Å²) in [5.41, 5.74) is 0. The normalized spacial score (nSPS) is 12.4. The number of aromatic nitrogens is 3. The highest BCUT2D eigenvalue weighted by atomic mass is 16.2. The zero-order chi connectivity index (χ0) is 12.7. The smallest absolute Gasteiger partial charge is 0.225 e. The van der Waals surface area contributed by atoms with E-state index in [2.05, 4.69) is 26.0 Å². The number of aromatic amines is 2. The predicted molar refractivity (Wildman–Crippen MR) is 61.8 cm³/mol. The lowest BCUT2D eigenvalue weighted by molar-refractivity contribution is -0.125. The summed E-state index contributed by atoms with van der Waals surface area (Å²) in [6.07, 6.45) is 1.35. The Morgan fingerprint density at radius 2 is 2.24 bits per heavy atom. The van der Waals surface area contributed by atoms with E-state index in [1.807, 2.05) is 13.8 Å². The van der Waals surface area contributed by atoms with Crippen molar-refractivity contribution in [1.82, 2.24) is 26.0 Å². The molecule has 7 heteroatoms. The van der Waals surface area contributed by atoms with Gasteiger partial charge in [0.1, 0.15) is 0 Å². The number of carbonyl (C=O) groups is 2. The highest BCUT2D eigenvalue weighted by molar-refractivity contribution is 5.79. The fraction of sp³-hybridized carbons (Fsp3) is 0.700. The Kier molecular flexibility index (Phi) is 5.25. The van der Waals surface area contributed by atoms with Crippen LogP contribution in [0.25, 0.3) is 0 Å². The number of carbonyl (C=O) groups excluding carboxylic acids is 2. The maximum Gasteiger partial charge on any atom is 0.225 e. The Morgan fingerprint density at radius 1 is 1.53 bits per heavy atom. The highest BCUT2D eigenvalue weighted by Crippen LogP contribution is 2.11. The van der Waals surface area contributed by atoms with Crippen molar-refractivity contribution in [1.29, 1.82) is 0 Å². The zero-order valence-corrected chi connectivity index (χ0v) is 10.1. The van der Waals surface area contributed by atoms with E-state index in [9.17, 15) is 9.59 Å². The maximum absolute atomic E-state index is 11.9. The van der Waals surface area contributed by atoms with E-state index in [1.54, 1.807) is 0 Å². The van der Waals surface area contributed by atoms with Gasteiger partial charge in [-0.25, -0.2) is 5.21 Å². The topological polar surface area (TPSA) is 103 Å².